The van der Waals surface area contributed by atoms with Crippen LogP contribution in [-0.4, -0.2) is 28.0 Å². The summed E-state index contributed by atoms with van der Waals surface area (Å²) in [7, 11) is -2.44. The number of sulfonamides is 1. The SMILES string of the molecule is COCCCC(=O)Nc1ccc(S(N)(=O)=O)cc1F. The van der Waals surface area contributed by atoms with Crippen LogP contribution in [0.2, 0.25) is 0 Å². The summed E-state index contributed by atoms with van der Waals surface area (Å²) in [5.74, 6) is -1.23. The van der Waals surface area contributed by atoms with Crippen LogP contribution in [0, 0.1) is 5.82 Å². The molecule has 19 heavy (non-hydrogen) atoms. The molecule has 0 fully saturated rings. The zero-order valence-electron chi connectivity index (χ0n) is 10.3. The van der Waals surface area contributed by atoms with E-state index in [0.717, 1.165) is 18.2 Å². The minimum Gasteiger partial charge on any atom is -0.385 e. The molecule has 1 amide bonds. The van der Waals surface area contributed by atoms with E-state index < -0.39 is 15.8 Å². The van der Waals surface area contributed by atoms with E-state index in [9.17, 15) is 17.6 Å². The first kappa shape index (κ1) is 15.5. The van der Waals surface area contributed by atoms with Crippen molar-refractivity contribution in [2.45, 2.75) is 17.7 Å². The van der Waals surface area contributed by atoms with Crippen LogP contribution < -0.4 is 10.5 Å². The van der Waals surface area contributed by atoms with Crippen LogP contribution in [-0.2, 0) is 19.6 Å². The van der Waals surface area contributed by atoms with Gasteiger partial charge in [0.25, 0.3) is 0 Å². The van der Waals surface area contributed by atoms with Crippen LogP contribution in [0.15, 0.2) is 23.1 Å². The third-order valence-electron chi connectivity index (χ3n) is 2.30. The highest BCUT2D eigenvalue weighted by atomic mass is 32.2. The summed E-state index contributed by atoms with van der Waals surface area (Å²) >= 11 is 0. The van der Waals surface area contributed by atoms with E-state index in [0.29, 0.717) is 13.0 Å². The van der Waals surface area contributed by atoms with E-state index in [-0.39, 0.29) is 22.9 Å². The van der Waals surface area contributed by atoms with E-state index in [4.69, 9.17) is 9.88 Å². The molecule has 0 aromatic heterocycles. The molecule has 0 aliphatic heterocycles. The second kappa shape index (κ2) is 6.60. The lowest BCUT2D eigenvalue weighted by molar-refractivity contribution is -0.116. The molecule has 0 atom stereocenters. The number of carbonyl (C=O) groups is 1. The van der Waals surface area contributed by atoms with E-state index in [1.165, 1.54) is 7.11 Å². The second-order valence-corrected chi connectivity index (χ2v) is 5.39. The number of nitrogens with one attached hydrogen (secondary N) is 1. The van der Waals surface area contributed by atoms with Gasteiger partial charge in [-0.3, -0.25) is 4.79 Å². The smallest absolute Gasteiger partial charge is 0.238 e. The van der Waals surface area contributed by atoms with Crippen LogP contribution in [0.25, 0.3) is 0 Å². The third kappa shape index (κ3) is 4.93. The maximum absolute atomic E-state index is 13.6. The van der Waals surface area contributed by atoms with E-state index in [1.807, 2.05) is 0 Å². The molecule has 0 aliphatic carbocycles. The van der Waals surface area contributed by atoms with E-state index >= 15 is 0 Å². The van der Waals surface area contributed by atoms with Crippen LogP contribution in [0.1, 0.15) is 12.8 Å². The minimum atomic E-state index is -3.96. The molecule has 0 bridgehead atoms. The molecule has 1 aromatic rings. The standard InChI is InChI=1S/C11H15FN2O4S/c1-18-6-2-3-11(15)14-10-5-4-8(7-9(10)12)19(13,16)17/h4-5,7H,2-3,6H2,1H3,(H,14,15)(H2,13,16,17). The number of benzene rings is 1. The Morgan fingerprint density at radius 3 is 2.68 bits per heavy atom. The van der Waals surface area contributed by atoms with Gasteiger partial charge in [-0.1, -0.05) is 0 Å². The molecule has 0 heterocycles. The van der Waals surface area contributed by atoms with Crippen molar-refractivity contribution < 1.29 is 22.3 Å². The lowest BCUT2D eigenvalue weighted by Gasteiger charge is -2.07. The number of halogens is 1. The third-order valence-corrected chi connectivity index (χ3v) is 3.21. The molecule has 0 saturated heterocycles. The maximum atomic E-state index is 13.6. The first-order valence-corrected chi connectivity index (χ1v) is 7.00. The molecule has 0 radical (unpaired) electrons. The average molecular weight is 290 g/mol. The first-order chi connectivity index (χ1) is 8.84. The van der Waals surface area contributed by atoms with Gasteiger partial charge >= 0.3 is 0 Å². The summed E-state index contributed by atoms with van der Waals surface area (Å²) in [5, 5.41) is 7.20. The maximum Gasteiger partial charge on any atom is 0.238 e. The predicted octanol–water partition coefficient (Wildman–Crippen LogP) is 0.838. The second-order valence-electron chi connectivity index (χ2n) is 3.83. The lowest BCUT2D eigenvalue weighted by Crippen LogP contribution is -2.15. The largest absolute Gasteiger partial charge is 0.385 e. The van der Waals surface area contributed by atoms with Gasteiger partial charge in [0.05, 0.1) is 10.6 Å². The Bertz CT molecular complexity index is 560. The molecular formula is C11H15FN2O4S. The predicted molar refractivity (Wildman–Crippen MR) is 67.5 cm³/mol. The zero-order valence-corrected chi connectivity index (χ0v) is 11.2. The van der Waals surface area contributed by atoms with Gasteiger partial charge in [-0.2, -0.15) is 0 Å². The van der Waals surface area contributed by atoms with Crippen molar-refractivity contribution in [3.8, 4) is 0 Å². The fraction of sp³-hybridized carbons (Fsp3) is 0.364. The van der Waals surface area contributed by atoms with E-state index in [2.05, 4.69) is 5.32 Å². The van der Waals surface area contributed by atoms with Crippen molar-refractivity contribution in [3.63, 3.8) is 0 Å². The highest BCUT2D eigenvalue weighted by molar-refractivity contribution is 7.89. The van der Waals surface area contributed by atoms with Gasteiger partial charge in [-0.25, -0.2) is 17.9 Å². The number of rotatable bonds is 6. The molecule has 1 aromatic carbocycles. The van der Waals surface area contributed by atoms with Crippen molar-refractivity contribution in [1.29, 1.82) is 0 Å². The summed E-state index contributed by atoms with van der Waals surface area (Å²) in [6, 6.07) is 3.05. The lowest BCUT2D eigenvalue weighted by atomic mass is 10.2. The Morgan fingerprint density at radius 1 is 1.47 bits per heavy atom. The summed E-state index contributed by atoms with van der Waals surface area (Å²) < 4.78 is 40.4. The molecule has 0 spiro atoms. The van der Waals surface area contributed by atoms with Gasteiger partial charge in [0.2, 0.25) is 15.9 Å². The monoisotopic (exact) mass is 290 g/mol. The summed E-state index contributed by atoms with van der Waals surface area (Å²) in [6.45, 7) is 0.431. The quantitative estimate of drug-likeness (QED) is 0.758. The molecule has 106 valence electrons. The van der Waals surface area contributed by atoms with Crippen molar-refractivity contribution in [2.75, 3.05) is 19.0 Å². The van der Waals surface area contributed by atoms with E-state index in [1.54, 1.807) is 0 Å². The van der Waals surface area contributed by atoms with Gasteiger partial charge in [0.15, 0.2) is 0 Å². The number of carbonyl (C=O) groups excluding carboxylic acids is 1. The zero-order chi connectivity index (χ0) is 14.5. The fourth-order valence-corrected chi connectivity index (χ4v) is 1.89. The van der Waals surface area contributed by atoms with Crippen molar-refractivity contribution >= 4 is 21.6 Å². The Kier molecular flexibility index (Phi) is 5.40. The Balaban J connectivity index is 2.73. The van der Waals surface area contributed by atoms with Crippen LogP contribution in [0.5, 0.6) is 0 Å². The summed E-state index contributed by atoms with van der Waals surface area (Å²) in [4.78, 5) is 11.1. The van der Waals surface area contributed by atoms with Crippen LogP contribution in [0.4, 0.5) is 10.1 Å². The number of nitrogens with two attached hydrogens (primary N) is 1. The number of methoxy groups -OCH3 is 1. The summed E-state index contributed by atoms with van der Waals surface area (Å²) in [5.41, 5.74) is -0.0881. The number of hydrogen-bond acceptors (Lipinski definition) is 4. The van der Waals surface area contributed by atoms with Crippen LogP contribution in [0.3, 0.4) is 0 Å². The average Bonchev–Trinajstić information content (AvgIpc) is 2.31. The Hall–Kier alpha value is -1.51. The van der Waals surface area contributed by atoms with Crippen LogP contribution >= 0.6 is 0 Å². The van der Waals surface area contributed by atoms with Gasteiger partial charge in [0, 0.05) is 20.1 Å². The molecule has 0 saturated carbocycles. The molecule has 3 N–H and O–H groups in total. The van der Waals surface area contributed by atoms with Gasteiger partial charge in [-0.05, 0) is 24.6 Å². The molecular weight excluding hydrogens is 275 g/mol. The Labute approximate surface area is 110 Å². The van der Waals surface area contributed by atoms with Crippen molar-refractivity contribution in [2.24, 2.45) is 5.14 Å². The normalized spacial score (nSPS) is 11.3. The van der Waals surface area contributed by atoms with Gasteiger partial charge < -0.3 is 10.1 Å². The summed E-state index contributed by atoms with van der Waals surface area (Å²) in [6.07, 6.45) is 0.698. The molecule has 0 unspecified atom stereocenters. The molecule has 6 nitrogen and oxygen atoms in total. The number of amides is 1. The van der Waals surface area contributed by atoms with Crippen molar-refractivity contribution in [1.82, 2.24) is 0 Å². The molecule has 1 rings (SSSR count). The first-order valence-electron chi connectivity index (χ1n) is 5.45. The van der Waals surface area contributed by atoms with Crippen molar-refractivity contribution in [3.05, 3.63) is 24.0 Å². The number of anilines is 1. The Morgan fingerprint density at radius 2 is 2.16 bits per heavy atom. The molecule has 0 aliphatic rings. The minimum absolute atomic E-state index is 0.0881. The number of hydrogen-bond donors (Lipinski definition) is 2. The highest BCUT2D eigenvalue weighted by Crippen LogP contribution is 2.18. The number of ether oxygens (including phenoxy) is 1. The fourth-order valence-electron chi connectivity index (χ4n) is 1.36. The molecule has 8 heteroatoms. The highest BCUT2D eigenvalue weighted by Gasteiger charge is 2.12. The number of primary sulfonamides is 1. The topological polar surface area (TPSA) is 98.5 Å². The van der Waals surface area contributed by atoms with Gasteiger partial charge in [-0.15, -0.1) is 0 Å². The van der Waals surface area contributed by atoms with Gasteiger partial charge in [0.1, 0.15) is 5.82 Å².